The topological polar surface area (TPSA) is 12.0 Å². The molecule has 0 saturated carbocycles. The van der Waals surface area contributed by atoms with Gasteiger partial charge in [0.2, 0.25) is 0 Å². The first-order valence-corrected chi connectivity index (χ1v) is 9.14. The SMILES string of the molecule is CC/C=C(\C=C/CF)CNCC1=CC(C2C=CC(Cl)=CC2)CC=C1. The van der Waals surface area contributed by atoms with Gasteiger partial charge < -0.3 is 5.32 Å². The Morgan fingerprint density at radius 1 is 1.33 bits per heavy atom. The van der Waals surface area contributed by atoms with Crippen LogP contribution in [0.15, 0.2) is 70.9 Å². The predicted molar refractivity (Wildman–Crippen MR) is 103 cm³/mol. The monoisotopic (exact) mass is 347 g/mol. The molecule has 0 aromatic rings. The summed E-state index contributed by atoms with van der Waals surface area (Å²) in [6, 6.07) is 0. The molecule has 0 amide bonds. The Hall–Kier alpha value is -1.38. The smallest absolute Gasteiger partial charge is 0.108 e. The Labute approximate surface area is 150 Å². The van der Waals surface area contributed by atoms with Crippen LogP contribution >= 0.6 is 11.6 Å². The van der Waals surface area contributed by atoms with Crippen LogP contribution in [0, 0.1) is 11.8 Å². The van der Waals surface area contributed by atoms with Gasteiger partial charge in [-0.05, 0) is 48.3 Å². The van der Waals surface area contributed by atoms with E-state index in [1.165, 1.54) is 5.57 Å². The molecule has 0 saturated heterocycles. The molecular formula is C21H27ClFN. The minimum absolute atomic E-state index is 0.413. The first kappa shape index (κ1) is 19.0. The molecule has 0 aromatic carbocycles. The lowest BCUT2D eigenvalue weighted by Gasteiger charge is -2.25. The molecule has 0 aromatic heterocycles. The van der Waals surface area contributed by atoms with Crippen LogP contribution < -0.4 is 5.32 Å². The van der Waals surface area contributed by atoms with Crippen LogP contribution in [0.4, 0.5) is 4.39 Å². The van der Waals surface area contributed by atoms with Gasteiger partial charge in [0.05, 0.1) is 0 Å². The van der Waals surface area contributed by atoms with Gasteiger partial charge in [-0.25, -0.2) is 4.39 Å². The lowest BCUT2D eigenvalue weighted by atomic mass is 9.81. The van der Waals surface area contributed by atoms with Crippen molar-refractivity contribution in [3.8, 4) is 0 Å². The fourth-order valence-electron chi connectivity index (χ4n) is 3.13. The normalized spacial score (nSPS) is 24.4. The number of alkyl halides is 1. The van der Waals surface area contributed by atoms with Crippen molar-refractivity contribution < 1.29 is 4.39 Å². The summed E-state index contributed by atoms with van der Waals surface area (Å²) in [4.78, 5) is 0. The molecule has 0 fully saturated rings. The Balaban J connectivity index is 1.85. The summed E-state index contributed by atoms with van der Waals surface area (Å²) in [5, 5.41) is 4.31. The van der Waals surface area contributed by atoms with Crippen molar-refractivity contribution in [2.45, 2.75) is 26.2 Å². The molecule has 130 valence electrons. The molecule has 1 nitrogen and oxygen atoms in total. The molecule has 3 heteroatoms. The lowest BCUT2D eigenvalue weighted by molar-refractivity contribution is 0.473. The van der Waals surface area contributed by atoms with E-state index in [1.807, 2.05) is 12.2 Å². The van der Waals surface area contributed by atoms with Crippen LogP contribution in [-0.4, -0.2) is 19.8 Å². The maximum absolute atomic E-state index is 12.3. The molecule has 2 aliphatic rings. The summed E-state index contributed by atoms with van der Waals surface area (Å²) in [5.41, 5.74) is 2.47. The van der Waals surface area contributed by atoms with E-state index in [0.29, 0.717) is 11.8 Å². The van der Waals surface area contributed by atoms with E-state index in [0.717, 1.165) is 43.0 Å². The van der Waals surface area contributed by atoms with Gasteiger partial charge in [-0.3, -0.25) is 0 Å². The fourth-order valence-corrected chi connectivity index (χ4v) is 3.29. The minimum Gasteiger partial charge on any atom is -0.309 e. The van der Waals surface area contributed by atoms with E-state index in [4.69, 9.17) is 11.6 Å². The zero-order valence-corrected chi connectivity index (χ0v) is 15.1. The van der Waals surface area contributed by atoms with Crippen LogP contribution in [0.1, 0.15) is 26.2 Å². The second-order valence-electron chi connectivity index (χ2n) is 6.24. The number of hydrogen-bond acceptors (Lipinski definition) is 1. The number of allylic oxidation sites excluding steroid dienone is 8. The molecule has 1 N–H and O–H groups in total. The van der Waals surface area contributed by atoms with E-state index in [1.54, 1.807) is 6.08 Å². The highest BCUT2D eigenvalue weighted by molar-refractivity contribution is 6.31. The highest BCUT2D eigenvalue weighted by atomic mass is 35.5. The Bertz CT molecular complexity index is 581. The zero-order chi connectivity index (χ0) is 17.2. The molecule has 24 heavy (non-hydrogen) atoms. The van der Waals surface area contributed by atoms with E-state index in [2.05, 4.69) is 48.7 Å². The number of hydrogen-bond donors (Lipinski definition) is 1. The highest BCUT2D eigenvalue weighted by Crippen LogP contribution is 2.31. The summed E-state index contributed by atoms with van der Waals surface area (Å²) in [7, 11) is 0. The van der Waals surface area contributed by atoms with Crippen molar-refractivity contribution in [3.05, 3.63) is 70.9 Å². The molecule has 2 rings (SSSR count). The molecule has 2 atom stereocenters. The maximum atomic E-state index is 12.3. The third kappa shape index (κ3) is 6.26. The molecule has 0 spiro atoms. The van der Waals surface area contributed by atoms with Crippen molar-refractivity contribution in [2.24, 2.45) is 11.8 Å². The van der Waals surface area contributed by atoms with Crippen molar-refractivity contribution in [1.29, 1.82) is 0 Å². The van der Waals surface area contributed by atoms with Gasteiger partial charge in [0.25, 0.3) is 0 Å². The molecule has 0 heterocycles. The van der Waals surface area contributed by atoms with E-state index < -0.39 is 6.67 Å². The Morgan fingerprint density at radius 3 is 2.92 bits per heavy atom. The molecule has 0 radical (unpaired) electrons. The first-order chi connectivity index (χ1) is 11.7. The van der Waals surface area contributed by atoms with Gasteiger partial charge in [0.15, 0.2) is 0 Å². The van der Waals surface area contributed by atoms with Crippen LogP contribution in [0.2, 0.25) is 0 Å². The van der Waals surface area contributed by atoms with Crippen molar-refractivity contribution >= 4 is 11.6 Å². The summed E-state index contributed by atoms with van der Waals surface area (Å²) >= 11 is 6.01. The number of halogens is 2. The minimum atomic E-state index is -0.413. The number of nitrogens with one attached hydrogen (secondary N) is 1. The second kappa shape index (κ2) is 10.5. The van der Waals surface area contributed by atoms with E-state index >= 15 is 0 Å². The van der Waals surface area contributed by atoms with Crippen LogP contribution in [0.3, 0.4) is 0 Å². The van der Waals surface area contributed by atoms with Crippen LogP contribution in [0.25, 0.3) is 0 Å². The summed E-state index contributed by atoms with van der Waals surface area (Å²) in [6.07, 6.45) is 21.8. The standard InChI is InChI=1S/C21H27ClFN/c1-2-5-17(7-4-13-23)15-24-16-18-6-3-8-20(14-18)19-9-11-21(22)12-10-19/h3-7,9,11-12,14,19-20,24H,2,8,10,13,15-16H2,1H3/b7-4-,17-5+. The summed E-state index contributed by atoms with van der Waals surface area (Å²) in [6.45, 7) is 3.29. The Morgan fingerprint density at radius 2 is 2.21 bits per heavy atom. The van der Waals surface area contributed by atoms with Gasteiger partial charge in [0.1, 0.15) is 6.67 Å². The average molecular weight is 348 g/mol. The predicted octanol–water partition coefficient (Wildman–Crippen LogP) is 5.64. The fraction of sp³-hybridized carbons (Fsp3) is 0.429. The Kier molecular flexibility index (Phi) is 8.27. The molecule has 2 unspecified atom stereocenters. The van der Waals surface area contributed by atoms with Crippen molar-refractivity contribution in [2.75, 3.05) is 19.8 Å². The third-order valence-corrected chi connectivity index (χ3v) is 4.63. The zero-order valence-electron chi connectivity index (χ0n) is 14.3. The third-order valence-electron chi connectivity index (χ3n) is 4.35. The lowest BCUT2D eigenvalue weighted by Crippen LogP contribution is -2.21. The van der Waals surface area contributed by atoms with Gasteiger partial charge in [-0.15, -0.1) is 0 Å². The van der Waals surface area contributed by atoms with E-state index in [-0.39, 0.29) is 0 Å². The summed E-state index contributed by atoms with van der Waals surface area (Å²) < 4.78 is 12.3. The van der Waals surface area contributed by atoms with Gasteiger partial charge in [-0.2, -0.15) is 0 Å². The molecule has 2 aliphatic carbocycles. The second-order valence-corrected chi connectivity index (χ2v) is 6.68. The first-order valence-electron chi connectivity index (χ1n) is 8.76. The van der Waals surface area contributed by atoms with E-state index in [9.17, 15) is 4.39 Å². The van der Waals surface area contributed by atoms with Crippen molar-refractivity contribution in [3.63, 3.8) is 0 Å². The highest BCUT2D eigenvalue weighted by Gasteiger charge is 2.19. The molecule has 0 bridgehead atoms. The summed E-state index contributed by atoms with van der Waals surface area (Å²) in [5.74, 6) is 1.08. The average Bonchev–Trinajstić information content (AvgIpc) is 2.60. The van der Waals surface area contributed by atoms with Gasteiger partial charge in [0, 0.05) is 18.1 Å². The van der Waals surface area contributed by atoms with Gasteiger partial charge >= 0.3 is 0 Å². The number of rotatable bonds is 8. The van der Waals surface area contributed by atoms with Crippen molar-refractivity contribution in [1.82, 2.24) is 5.32 Å². The van der Waals surface area contributed by atoms with Crippen LogP contribution in [-0.2, 0) is 0 Å². The van der Waals surface area contributed by atoms with Crippen LogP contribution in [0.5, 0.6) is 0 Å². The molecule has 0 aliphatic heterocycles. The largest absolute Gasteiger partial charge is 0.309 e. The van der Waals surface area contributed by atoms with Gasteiger partial charge in [-0.1, -0.05) is 67.1 Å². The quantitative estimate of drug-likeness (QED) is 0.560. The maximum Gasteiger partial charge on any atom is 0.108 e. The molecular weight excluding hydrogens is 321 g/mol.